The van der Waals surface area contributed by atoms with Crippen molar-refractivity contribution in [1.29, 1.82) is 0 Å². The Morgan fingerprint density at radius 2 is 2.24 bits per heavy atom. The van der Waals surface area contributed by atoms with Crippen molar-refractivity contribution in [2.45, 2.75) is 44.8 Å². The Kier molecular flexibility index (Phi) is 5.79. The molecule has 0 atom stereocenters. The van der Waals surface area contributed by atoms with Crippen LogP contribution in [0.5, 0.6) is 0 Å². The first-order valence-corrected chi connectivity index (χ1v) is 8.55. The van der Waals surface area contributed by atoms with E-state index >= 15 is 0 Å². The lowest BCUT2D eigenvalue weighted by molar-refractivity contribution is -0.151. The predicted molar refractivity (Wildman–Crippen MR) is 84.2 cm³/mol. The van der Waals surface area contributed by atoms with E-state index in [-0.39, 0.29) is 11.9 Å². The van der Waals surface area contributed by atoms with Gasteiger partial charge >= 0.3 is 5.97 Å². The van der Waals surface area contributed by atoms with Crippen LogP contribution in [0.25, 0.3) is 0 Å². The van der Waals surface area contributed by atoms with E-state index < -0.39 is 5.60 Å². The summed E-state index contributed by atoms with van der Waals surface area (Å²) < 4.78 is 5.07. The quantitative estimate of drug-likeness (QED) is 0.821. The summed E-state index contributed by atoms with van der Waals surface area (Å²) in [6.45, 7) is 3.77. The van der Waals surface area contributed by atoms with Gasteiger partial charge in [0.25, 0.3) is 0 Å². The first kappa shape index (κ1) is 16.5. The highest BCUT2D eigenvalue weighted by molar-refractivity contribution is 7.07. The van der Waals surface area contributed by atoms with Crippen LogP contribution in [0.3, 0.4) is 0 Å². The van der Waals surface area contributed by atoms with E-state index in [0.717, 1.165) is 19.4 Å². The molecule has 1 aliphatic carbocycles. The summed E-state index contributed by atoms with van der Waals surface area (Å²) in [4.78, 5) is 13.9. The monoisotopic (exact) mass is 311 g/mol. The average molecular weight is 311 g/mol. The van der Waals surface area contributed by atoms with Crippen LogP contribution < -0.4 is 0 Å². The summed E-state index contributed by atoms with van der Waals surface area (Å²) in [7, 11) is 2.03. The third-order valence-electron chi connectivity index (χ3n) is 4.13. The van der Waals surface area contributed by atoms with Gasteiger partial charge in [0, 0.05) is 13.1 Å². The van der Waals surface area contributed by atoms with Gasteiger partial charge in [-0.2, -0.15) is 11.3 Å². The van der Waals surface area contributed by atoms with Crippen molar-refractivity contribution in [1.82, 2.24) is 4.90 Å². The molecule has 1 aromatic rings. The Morgan fingerprint density at radius 1 is 1.52 bits per heavy atom. The van der Waals surface area contributed by atoms with Crippen molar-refractivity contribution in [2.24, 2.45) is 5.92 Å². The zero-order valence-electron chi connectivity index (χ0n) is 12.9. The van der Waals surface area contributed by atoms with Crippen molar-refractivity contribution in [3.63, 3.8) is 0 Å². The van der Waals surface area contributed by atoms with Gasteiger partial charge in [-0.3, -0.25) is 9.69 Å². The molecule has 1 heterocycles. The number of carbonyl (C=O) groups excluding carboxylic acids is 1. The van der Waals surface area contributed by atoms with Crippen LogP contribution in [0.1, 0.15) is 38.2 Å². The van der Waals surface area contributed by atoms with Gasteiger partial charge in [-0.15, -0.1) is 0 Å². The van der Waals surface area contributed by atoms with Crippen molar-refractivity contribution in [3.8, 4) is 0 Å². The molecule has 1 N–H and O–H groups in total. The van der Waals surface area contributed by atoms with E-state index in [1.807, 2.05) is 14.0 Å². The van der Waals surface area contributed by atoms with Crippen molar-refractivity contribution in [2.75, 3.05) is 20.2 Å². The summed E-state index contributed by atoms with van der Waals surface area (Å²) in [5.41, 5.74) is 0.611. The maximum atomic E-state index is 11.7. The minimum absolute atomic E-state index is 0.0348. The number of hydrogen-bond donors (Lipinski definition) is 1. The van der Waals surface area contributed by atoms with Crippen LogP contribution in [0.4, 0.5) is 0 Å². The van der Waals surface area contributed by atoms with E-state index in [0.29, 0.717) is 26.0 Å². The van der Waals surface area contributed by atoms with Crippen LogP contribution in [0.2, 0.25) is 0 Å². The van der Waals surface area contributed by atoms with E-state index in [1.54, 1.807) is 11.3 Å². The van der Waals surface area contributed by atoms with Crippen LogP contribution in [-0.4, -0.2) is 41.8 Å². The molecular formula is C16H25NO3S. The number of hydrogen-bond acceptors (Lipinski definition) is 5. The van der Waals surface area contributed by atoms with E-state index in [1.165, 1.54) is 5.56 Å². The van der Waals surface area contributed by atoms with Gasteiger partial charge in [-0.25, -0.2) is 0 Å². The third kappa shape index (κ3) is 4.80. The fourth-order valence-corrected chi connectivity index (χ4v) is 3.72. The number of likely N-dealkylation sites (N-methyl/N-ethyl adjacent to an activating group) is 1. The van der Waals surface area contributed by atoms with Gasteiger partial charge in [0.15, 0.2) is 0 Å². The highest BCUT2D eigenvalue weighted by atomic mass is 32.1. The number of esters is 1. The molecule has 118 valence electrons. The Labute approximate surface area is 130 Å². The molecule has 0 amide bonds. The number of thiophene rings is 1. The van der Waals surface area contributed by atoms with E-state index in [9.17, 15) is 9.90 Å². The largest absolute Gasteiger partial charge is 0.466 e. The molecule has 0 spiro atoms. The standard InChI is InChI=1S/C16H25NO3S/c1-3-20-15(18)14-4-7-16(19,8-5-14)12-17(2)10-13-6-9-21-11-13/h6,9,11,14,19H,3-5,7-8,10,12H2,1-2H3. The second kappa shape index (κ2) is 7.38. The number of aliphatic hydroxyl groups is 1. The Balaban J connectivity index is 1.80. The summed E-state index contributed by atoms with van der Waals surface area (Å²) in [5, 5.41) is 14.9. The molecule has 1 aromatic heterocycles. The Hall–Kier alpha value is -0.910. The molecular weight excluding hydrogens is 286 g/mol. The van der Waals surface area contributed by atoms with E-state index in [4.69, 9.17) is 4.74 Å². The zero-order valence-corrected chi connectivity index (χ0v) is 13.7. The van der Waals surface area contributed by atoms with Gasteiger partial charge in [0.05, 0.1) is 18.1 Å². The van der Waals surface area contributed by atoms with Crippen molar-refractivity contribution in [3.05, 3.63) is 22.4 Å². The highest BCUT2D eigenvalue weighted by Crippen LogP contribution is 2.33. The van der Waals surface area contributed by atoms with Crippen molar-refractivity contribution >= 4 is 17.3 Å². The van der Waals surface area contributed by atoms with Crippen LogP contribution >= 0.6 is 11.3 Å². The lowest BCUT2D eigenvalue weighted by atomic mass is 9.78. The zero-order chi connectivity index (χ0) is 15.3. The summed E-state index contributed by atoms with van der Waals surface area (Å²) in [5.74, 6) is -0.140. The molecule has 21 heavy (non-hydrogen) atoms. The van der Waals surface area contributed by atoms with Crippen LogP contribution in [0.15, 0.2) is 16.8 Å². The molecule has 0 bridgehead atoms. The Bertz CT molecular complexity index is 438. The van der Waals surface area contributed by atoms with E-state index in [2.05, 4.69) is 21.7 Å². The molecule has 5 heteroatoms. The molecule has 0 aliphatic heterocycles. The molecule has 4 nitrogen and oxygen atoms in total. The van der Waals surface area contributed by atoms with Crippen molar-refractivity contribution < 1.29 is 14.6 Å². The molecule has 0 radical (unpaired) electrons. The van der Waals surface area contributed by atoms with Gasteiger partial charge in [-0.1, -0.05) is 0 Å². The molecule has 0 aromatic carbocycles. The second-order valence-corrected chi connectivity index (χ2v) is 6.83. The Morgan fingerprint density at radius 3 is 2.81 bits per heavy atom. The first-order valence-electron chi connectivity index (χ1n) is 7.61. The van der Waals surface area contributed by atoms with Gasteiger partial charge in [0.1, 0.15) is 0 Å². The summed E-state index contributed by atoms with van der Waals surface area (Å²) in [6, 6.07) is 2.11. The van der Waals surface area contributed by atoms with Gasteiger partial charge in [0.2, 0.25) is 0 Å². The number of carbonyl (C=O) groups is 1. The molecule has 1 aliphatic rings. The summed E-state index contributed by atoms with van der Waals surface area (Å²) >= 11 is 1.69. The molecule has 1 fully saturated rings. The second-order valence-electron chi connectivity index (χ2n) is 6.05. The molecule has 2 rings (SSSR count). The number of ether oxygens (including phenoxy) is 1. The van der Waals surface area contributed by atoms with Gasteiger partial charge in [-0.05, 0) is 62.0 Å². The third-order valence-corrected chi connectivity index (χ3v) is 4.87. The summed E-state index contributed by atoms with van der Waals surface area (Å²) in [6.07, 6.45) is 2.79. The fourth-order valence-electron chi connectivity index (χ4n) is 3.06. The van der Waals surface area contributed by atoms with Gasteiger partial charge < -0.3 is 9.84 Å². The molecule has 0 saturated heterocycles. The molecule has 1 saturated carbocycles. The normalized spacial score (nSPS) is 26.0. The minimum Gasteiger partial charge on any atom is -0.466 e. The first-order chi connectivity index (χ1) is 10.0. The fraction of sp³-hybridized carbons (Fsp3) is 0.688. The smallest absolute Gasteiger partial charge is 0.308 e. The van der Waals surface area contributed by atoms with Crippen LogP contribution in [0, 0.1) is 5.92 Å². The maximum absolute atomic E-state index is 11.7. The predicted octanol–water partition coefficient (Wildman–Crippen LogP) is 2.66. The van der Waals surface area contributed by atoms with Crippen LogP contribution in [-0.2, 0) is 16.1 Å². The lowest BCUT2D eigenvalue weighted by Gasteiger charge is -2.37. The molecule has 0 unspecified atom stereocenters. The minimum atomic E-state index is -0.673. The lowest BCUT2D eigenvalue weighted by Crippen LogP contribution is -2.45. The number of rotatable bonds is 6. The maximum Gasteiger partial charge on any atom is 0.308 e. The average Bonchev–Trinajstić information content (AvgIpc) is 2.92. The highest BCUT2D eigenvalue weighted by Gasteiger charge is 2.37. The SMILES string of the molecule is CCOC(=O)C1CCC(O)(CN(C)Cc2ccsc2)CC1. The number of nitrogens with zero attached hydrogens (tertiary/aromatic N) is 1. The topological polar surface area (TPSA) is 49.8 Å².